The topological polar surface area (TPSA) is 37.8 Å². The van der Waals surface area contributed by atoms with Crippen LogP contribution < -0.4 is 5.32 Å². The number of halogens is 3. The van der Waals surface area contributed by atoms with Crippen LogP contribution in [0.15, 0.2) is 12.7 Å². The van der Waals surface area contributed by atoms with Gasteiger partial charge in [0, 0.05) is 17.6 Å². The number of alkyl halides is 3. The van der Waals surface area contributed by atoms with Gasteiger partial charge in [-0.3, -0.25) is 0 Å². The van der Waals surface area contributed by atoms with Crippen molar-refractivity contribution in [3.63, 3.8) is 0 Å². The Hall–Kier alpha value is -0.0300. The molecule has 0 bridgehead atoms. The van der Waals surface area contributed by atoms with Crippen LogP contribution in [0.3, 0.4) is 0 Å². The summed E-state index contributed by atoms with van der Waals surface area (Å²) >= 11 is 18.0. The minimum Gasteiger partial charge on any atom is -0.354 e. The van der Waals surface area contributed by atoms with Gasteiger partial charge in [-0.05, 0) is 6.92 Å². The van der Waals surface area contributed by atoms with E-state index in [0.29, 0.717) is 5.13 Å². The van der Waals surface area contributed by atoms with Crippen molar-refractivity contribution in [1.82, 2.24) is 9.36 Å². The van der Waals surface area contributed by atoms with E-state index in [9.17, 15) is 0 Å². The van der Waals surface area contributed by atoms with E-state index >= 15 is 0 Å². The van der Waals surface area contributed by atoms with Crippen molar-refractivity contribution in [2.45, 2.75) is 16.8 Å². The smallest absolute Gasteiger partial charge is 0.251 e. The fourth-order valence-corrected chi connectivity index (χ4v) is 1.77. The summed E-state index contributed by atoms with van der Waals surface area (Å²) in [6.07, 6.45) is 1.75. The Bertz CT molecular complexity index is 320. The normalized spacial score (nSPS) is 13.7. The van der Waals surface area contributed by atoms with Crippen molar-refractivity contribution >= 4 is 51.5 Å². The van der Waals surface area contributed by atoms with Gasteiger partial charge in [0.2, 0.25) is 5.13 Å². The van der Waals surface area contributed by atoms with Crippen molar-refractivity contribution in [3.05, 3.63) is 18.5 Å². The fourth-order valence-electron chi connectivity index (χ4n) is 0.651. The summed E-state index contributed by atoms with van der Waals surface area (Å²) < 4.78 is 2.35. The van der Waals surface area contributed by atoms with Crippen molar-refractivity contribution in [2.75, 3.05) is 5.32 Å². The van der Waals surface area contributed by atoms with E-state index in [0.717, 1.165) is 11.5 Å². The van der Waals surface area contributed by atoms with Crippen LogP contribution in [0.5, 0.6) is 0 Å². The maximum absolute atomic E-state index is 5.61. The second-order valence-corrected chi connectivity index (χ2v) is 5.62. The number of anilines is 1. The van der Waals surface area contributed by atoms with Crippen LogP contribution in [-0.4, -0.2) is 15.4 Å². The van der Waals surface area contributed by atoms with E-state index in [1.807, 2.05) is 6.92 Å². The zero-order chi connectivity index (χ0) is 10.8. The van der Waals surface area contributed by atoms with Gasteiger partial charge in [-0.1, -0.05) is 40.9 Å². The standard InChI is InChI=1S/C7H8Cl3N3S/c1-3-4(2)11-6-12-5(13-14-6)7(8,9)10/h3-4H,1H2,2H3,(H,11,12,13). The van der Waals surface area contributed by atoms with Gasteiger partial charge in [-0.15, -0.1) is 6.58 Å². The van der Waals surface area contributed by atoms with E-state index in [1.54, 1.807) is 6.08 Å². The van der Waals surface area contributed by atoms with E-state index in [1.165, 1.54) is 0 Å². The van der Waals surface area contributed by atoms with Crippen molar-refractivity contribution < 1.29 is 0 Å². The number of rotatable bonds is 3. The second kappa shape index (κ2) is 4.66. The molecule has 0 aliphatic heterocycles. The third-order valence-electron chi connectivity index (χ3n) is 1.38. The molecule has 0 amide bonds. The summed E-state index contributed by atoms with van der Waals surface area (Å²) in [5.41, 5.74) is 0. The minimum absolute atomic E-state index is 0.103. The molecule has 0 saturated heterocycles. The van der Waals surface area contributed by atoms with E-state index in [2.05, 4.69) is 21.3 Å². The molecule has 0 aliphatic carbocycles. The van der Waals surface area contributed by atoms with Gasteiger partial charge < -0.3 is 5.32 Å². The van der Waals surface area contributed by atoms with Gasteiger partial charge in [-0.2, -0.15) is 9.36 Å². The minimum atomic E-state index is -1.56. The highest BCUT2D eigenvalue weighted by Crippen LogP contribution is 2.37. The molecule has 3 nitrogen and oxygen atoms in total. The molecule has 0 spiro atoms. The molecule has 0 aliphatic rings. The maximum atomic E-state index is 5.61. The number of hydrogen-bond acceptors (Lipinski definition) is 4. The summed E-state index contributed by atoms with van der Waals surface area (Å²) in [4.78, 5) is 4.02. The lowest BCUT2D eigenvalue weighted by atomic mass is 10.3. The predicted octanol–water partition coefficient (Wildman–Crippen LogP) is 3.35. The lowest BCUT2D eigenvalue weighted by Crippen LogP contribution is -2.11. The third kappa shape index (κ3) is 3.28. The van der Waals surface area contributed by atoms with Gasteiger partial charge >= 0.3 is 0 Å². The highest BCUT2D eigenvalue weighted by Gasteiger charge is 2.28. The summed E-state index contributed by atoms with van der Waals surface area (Å²) in [5, 5.41) is 3.64. The van der Waals surface area contributed by atoms with Crippen LogP contribution in [0.2, 0.25) is 0 Å². The Morgan fingerprint density at radius 2 is 2.21 bits per heavy atom. The zero-order valence-corrected chi connectivity index (χ0v) is 10.4. The van der Waals surface area contributed by atoms with Crippen LogP contribution in [0.1, 0.15) is 12.7 Å². The molecule has 1 aromatic rings. The summed E-state index contributed by atoms with van der Waals surface area (Å²) in [6.45, 7) is 5.56. The monoisotopic (exact) mass is 271 g/mol. The van der Waals surface area contributed by atoms with Gasteiger partial charge in [0.25, 0.3) is 3.79 Å². The average molecular weight is 273 g/mol. The van der Waals surface area contributed by atoms with Crippen LogP contribution >= 0.6 is 46.3 Å². The molecule has 1 atom stereocenters. The van der Waals surface area contributed by atoms with Crippen molar-refractivity contribution in [2.24, 2.45) is 0 Å². The molecule has 0 radical (unpaired) electrons. The number of hydrogen-bond donors (Lipinski definition) is 1. The van der Waals surface area contributed by atoms with Crippen LogP contribution in [0.4, 0.5) is 5.13 Å². The molecule has 0 fully saturated rings. The number of aromatic nitrogens is 2. The highest BCUT2D eigenvalue weighted by atomic mass is 35.6. The van der Waals surface area contributed by atoms with E-state index in [-0.39, 0.29) is 11.9 Å². The Morgan fingerprint density at radius 3 is 2.64 bits per heavy atom. The van der Waals surface area contributed by atoms with Crippen molar-refractivity contribution in [3.8, 4) is 0 Å². The maximum Gasteiger partial charge on any atom is 0.251 e. The van der Waals surface area contributed by atoms with Crippen LogP contribution in [0, 0.1) is 0 Å². The molecule has 1 aromatic heterocycles. The first kappa shape index (κ1) is 12.0. The Labute approximate surface area is 101 Å². The van der Waals surface area contributed by atoms with Gasteiger partial charge in [0.15, 0.2) is 5.82 Å². The van der Waals surface area contributed by atoms with Gasteiger partial charge in [0.05, 0.1) is 0 Å². The van der Waals surface area contributed by atoms with E-state index < -0.39 is 3.79 Å². The summed E-state index contributed by atoms with van der Waals surface area (Å²) in [6, 6.07) is 0.103. The Kier molecular flexibility index (Phi) is 4.01. The highest BCUT2D eigenvalue weighted by molar-refractivity contribution is 7.09. The molecule has 1 N–H and O–H groups in total. The quantitative estimate of drug-likeness (QED) is 0.677. The lowest BCUT2D eigenvalue weighted by molar-refractivity contribution is 0.977. The van der Waals surface area contributed by atoms with Gasteiger partial charge in [0.1, 0.15) is 0 Å². The Morgan fingerprint density at radius 1 is 1.57 bits per heavy atom. The van der Waals surface area contributed by atoms with E-state index in [4.69, 9.17) is 34.8 Å². The Balaban J connectivity index is 2.73. The van der Waals surface area contributed by atoms with Crippen LogP contribution in [-0.2, 0) is 3.79 Å². The van der Waals surface area contributed by atoms with Crippen LogP contribution in [0.25, 0.3) is 0 Å². The molecular weight excluding hydrogens is 265 g/mol. The first-order valence-corrected chi connectivity index (χ1v) is 5.64. The molecule has 7 heteroatoms. The molecule has 1 unspecified atom stereocenters. The first-order chi connectivity index (χ1) is 6.43. The first-order valence-electron chi connectivity index (χ1n) is 3.73. The molecule has 1 heterocycles. The number of nitrogens with one attached hydrogen (secondary N) is 1. The average Bonchev–Trinajstić information content (AvgIpc) is 2.51. The van der Waals surface area contributed by atoms with Gasteiger partial charge in [-0.25, -0.2) is 0 Å². The van der Waals surface area contributed by atoms with Crippen molar-refractivity contribution in [1.29, 1.82) is 0 Å². The largest absolute Gasteiger partial charge is 0.354 e. The molecule has 0 aromatic carbocycles. The summed E-state index contributed by atoms with van der Waals surface area (Å²) in [5.74, 6) is 0.186. The summed E-state index contributed by atoms with van der Waals surface area (Å²) in [7, 11) is 0. The SMILES string of the molecule is C=CC(C)Nc1nc(C(Cl)(Cl)Cl)ns1. The molecule has 78 valence electrons. The molecular formula is C7H8Cl3N3S. The molecule has 1 rings (SSSR count). The number of nitrogens with zero attached hydrogens (tertiary/aromatic N) is 2. The third-order valence-corrected chi connectivity index (χ3v) is 2.54. The lowest BCUT2D eigenvalue weighted by Gasteiger charge is -2.06. The molecule has 14 heavy (non-hydrogen) atoms. The predicted molar refractivity (Wildman–Crippen MR) is 62.4 cm³/mol. The second-order valence-electron chi connectivity index (χ2n) is 2.59. The zero-order valence-electron chi connectivity index (χ0n) is 7.30. The molecule has 0 saturated carbocycles. The fraction of sp³-hybridized carbons (Fsp3) is 0.429.